The molecule has 5 heteroatoms. The molecule has 2 aromatic carbocycles. The minimum atomic E-state index is 0.170. The summed E-state index contributed by atoms with van der Waals surface area (Å²) in [5.74, 6) is 0.909. The van der Waals surface area contributed by atoms with Gasteiger partial charge in [-0.3, -0.25) is 4.90 Å². The molecule has 0 saturated carbocycles. The molecule has 0 aliphatic rings. The largest absolute Gasteiger partial charge is 0.489 e. The molecule has 26 heavy (non-hydrogen) atoms. The lowest BCUT2D eigenvalue weighted by molar-refractivity contribution is 0.145. The summed E-state index contributed by atoms with van der Waals surface area (Å²) < 4.78 is 6.09. The number of ether oxygens (including phenoxy) is 1. The van der Waals surface area contributed by atoms with Gasteiger partial charge in [0.15, 0.2) is 0 Å². The Kier molecular flexibility index (Phi) is 8.13. The van der Waals surface area contributed by atoms with Crippen molar-refractivity contribution in [2.75, 3.05) is 31.1 Å². The first-order valence-electron chi connectivity index (χ1n) is 9.33. The van der Waals surface area contributed by atoms with Crippen LogP contribution in [0.4, 0.5) is 11.4 Å². The van der Waals surface area contributed by atoms with Crippen molar-refractivity contribution in [3.63, 3.8) is 0 Å². The first-order valence-corrected chi connectivity index (χ1v) is 10.1. The van der Waals surface area contributed by atoms with Gasteiger partial charge >= 0.3 is 0 Å². The van der Waals surface area contributed by atoms with Crippen LogP contribution < -0.4 is 16.2 Å². The van der Waals surface area contributed by atoms with Gasteiger partial charge in [-0.25, -0.2) is 0 Å². The Balaban J connectivity index is 1.90. The number of hydrogen-bond donors (Lipinski definition) is 2. The average molecular weight is 374 g/mol. The lowest BCUT2D eigenvalue weighted by atomic mass is 10.3. The van der Waals surface area contributed by atoms with Gasteiger partial charge in [-0.2, -0.15) is 0 Å². The van der Waals surface area contributed by atoms with Crippen LogP contribution in [0.15, 0.2) is 52.3 Å². The molecule has 1 unspecified atom stereocenters. The maximum absolute atomic E-state index is 6.09. The van der Waals surface area contributed by atoms with Crippen LogP contribution in [0.2, 0.25) is 0 Å². The molecule has 0 bridgehead atoms. The summed E-state index contributed by atoms with van der Waals surface area (Å²) in [7, 11) is 0. The molecule has 0 radical (unpaired) electrons. The molecule has 0 fully saturated rings. The monoisotopic (exact) mass is 373 g/mol. The quantitative estimate of drug-likeness (QED) is 0.580. The molecule has 0 spiro atoms. The molecule has 4 N–H and O–H groups in total. The van der Waals surface area contributed by atoms with Gasteiger partial charge in [-0.15, -0.1) is 0 Å². The van der Waals surface area contributed by atoms with Crippen LogP contribution in [0.5, 0.6) is 5.75 Å². The molecule has 0 aliphatic carbocycles. The van der Waals surface area contributed by atoms with Crippen molar-refractivity contribution in [1.29, 1.82) is 0 Å². The van der Waals surface area contributed by atoms with Crippen molar-refractivity contribution in [2.24, 2.45) is 0 Å². The fourth-order valence-corrected chi connectivity index (χ4v) is 3.76. The van der Waals surface area contributed by atoms with Gasteiger partial charge in [0.05, 0.1) is 11.4 Å². The Labute approximate surface area is 161 Å². The zero-order valence-corrected chi connectivity index (χ0v) is 16.9. The summed E-state index contributed by atoms with van der Waals surface area (Å²) in [6.07, 6.45) is 2.52. The van der Waals surface area contributed by atoms with Crippen LogP contribution in [0.25, 0.3) is 0 Å². The Bertz CT molecular complexity index is 669. The van der Waals surface area contributed by atoms with E-state index in [-0.39, 0.29) is 6.10 Å². The van der Waals surface area contributed by atoms with Crippen molar-refractivity contribution in [1.82, 2.24) is 4.90 Å². The van der Waals surface area contributed by atoms with E-state index < -0.39 is 0 Å². The van der Waals surface area contributed by atoms with E-state index in [2.05, 4.69) is 37.8 Å². The molecule has 1 atom stereocenters. The normalized spacial score (nSPS) is 12.3. The zero-order chi connectivity index (χ0) is 18.9. The van der Waals surface area contributed by atoms with Crippen molar-refractivity contribution in [3.8, 4) is 5.75 Å². The molecule has 2 rings (SSSR count). The smallest absolute Gasteiger partial charge is 0.119 e. The Morgan fingerprint density at radius 1 is 0.923 bits per heavy atom. The van der Waals surface area contributed by atoms with Gasteiger partial charge in [0.25, 0.3) is 0 Å². The van der Waals surface area contributed by atoms with E-state index in [1.165, 1.54) is 12.8 Å². The second-order valence-corrected chi connectivity index (χ2v) is 7.74. The molecule has 0 aromatic heterocycles. The van der Waals surface area contributed by atoms with Gasteiger partial charge < -0.3 is 16.2 Å². The van der Waals surface area contributed by atoms with E-state index in [4.69, 9.17) is 16.2 Å². The van der Waals surface area contributed by atoms with Gasteiger partial charge in [0.1, 0.15) is 11.9 Å². The minimum Gasteiger partial charge on any atom is -0.489 e. The first kappa shape index (κ1) is 20.5. The summed E-state index contributed by atoms with van der Waals surface area (Å²) in [4.78, 5) is 4.70. The predicted octanol–water partition coefficient (Wildman–Crippen LogP) is 4.89. The van der Waals surface area contributed by atoms with Crippen LogP contribution in [-0.4, -0.2) is 30.6 Å². The first-order chi connectivity index (χ1) is 12.5. The van der Waals surface area contributed by atoms with Crippen LogP contribution in [-0.2, 0) is 0 Å². The third kappa shape index (κ3) is 6.46. The van der Waals surface area contributed by atoms with E-state index in [1.807, 2.05) is 30.3 Å². The molecule has 0 saturated heterocycles. The Morgan fingerprint density at radius 3 is 2.12 bits per heavy atom. The van der Waals surface area contributed by atoms with Crippen LogP contribution in [0, 0.1) is 0 Å². The molecule has 2 aromatic rings. The second kappa shape index (κ2) is 10.3. The van der Waals surface area contributed by atoms with E-state index in [0.717, 1.165) is 35.2 Å². The highest BCUT2D eigenvalue weighted by Gasteiger charge is 2.10. The minimum absolute atomic E-state index is 0.170. The molecule has 142 valence electrons. The number of benzene rings is 2. The van der Waals surface area contributed by atoms with Crippen LogP contribution in [0.3, 0.4) is 0 Å². The lowest BCUT2D eigenvalue weighted by Crippen LogP contribution is -2.35. The van der Waals surface area contributed by atoms with Crippen LogP contribution in [0.1, 0.15) is 33.6 Å². The molecule has 0 heterocycles. The topological polar surface area (TPSA) is 64.5 Å². The van der Waals surface area contributed by atoms with Crippen molar-refractivity contribution < 1.29 is 4.74 Å². The Morgan fingerprint density at radius 2 is 1.54 bits per heavy atom. The molecule has 0 amide bonds. The predicted molar refractivity (Wildman–Crippen MR) is 113 cm³/mol. The molecule has 0 aliphatic heterocycles. The van der Waals surface area contributed by atoms with Crippen LogP contribution >= 0.6 is 11.8 Å². The maximum atomic E-state index is 6.09. The van der Waals surface area contributed by atoms with E-state index in [0.29, 0.717) is 11.4 Å². The lowest BCUT2D eigenvalue weighted by Gasteiger charge is -2.25. The van der Waals surface area contributed by atoms with Crippen molar-refractivity contribution >= 4 is 23.1 Å². The van der Waals surface area contributed by atoms with E-state index in [1.54, 1.807) is 11.8 Å². The highest BCUT2D eigenvalue weighted by molar-refractivity contribution is 7.99. The summed E-state index contributed by atoms with van der Waals surface area (Å²) in [6, 6.07) is 14.0. The summed E-state index contributed by atoms with van der Waals surface area (Å²) in [5.41, 5.74) is 12.9. The molecule has 4 nitrogen and oxygen atoms in total. The standard InChI is InChI=1S/C21H31N3OS/c1-4-12-24(13-5-2)15-16(3)25-17-6-8-18(9-7-17)26-19-10-11-20(22)21(23)14-19/h6-11,14,16H,4-5,12-13,15,22-23H2,1-3H3. The van der Waals surface area contributed by atoms with Gasteiger partial charge in [0, 0.05) is 16.3 Å². The Hall–Kier alpha value is -1.85. The fraction of sp³-hybridized carbons (Fsp3) is 0.429. The zero-order valence-electron chi connectivity index (χ0n) is 16.1. The third-order valence-electron chi connectivity index (χ3n) is 4.05. The number of nitrogen functional groups attached to an aromatic ring is 2. The summed E-state index contributed by atoms with van der Waals surface area (Å²) in [5, 5.41) is 0. The highest BCUT2D eigenvalue weighted by Crippen LogP contribution is 2.31. The van der Waals surface area contributed by atoms with Gasteiger partial charge in [-0.1, -0.05) is 25.6 Å². The number of nitrogens with two attached hydrogens (primary N) is 2. The number of nitrogens with zero attached hydrogens (tertiary/aromatic N) is 1. The highest BCUT2D eigenvalue weighted by atomic mass is 32.2. The van der Waals surface area contributed by atoms with E-state index >= 15 is 0 Å². The summed E-state index contributed by atoms with van der Waals surface area (Å²) in [6.45, 7) is 9.79. The van der Waals surface area contributed by atoms with Gasteiger partial charge in [0.2, 0.25) is 0 Å². The maximum Gasteiger partial charge on any atom is 0.119 e. The second-order valence-electron chi connectivity index (χ2n) is 6.59. The number of hydrogen-bond acceptors (Lipinski definition) is 5. The number of anilines is 2. The molecular formula is C21H31N3OS. The SMILES string of the molecule is CCCN(CCC)CC(C)Oc1ccc(Sc2ccc(N)c(N)c2)cc1. The average Bonchev–Trinajstić information content (AvgIpc) is 2.60. The fourth-order valence-electron chi connectivity index (χ4n) is 2.90. The third-order valence-corrected chi connectivity index (χ3v) is 5.05. The van der Waals surface area contributed by atoms with Crippen molar-refractivity contribution in [2.45, 2.75) is 49.5 Å². The molecular weight excluding hydrogens is 342 g/mol. The van der Waals surface area contributed by atoms with Gasteiger partial charge in [-0.05, 0) is 75.3 Å². The number of rotatable bonds is 10. The van der Waals surface area contributed by atoms with Crippen molar-refractivity contribution in [3.05, 3.63) is 42.5 Å². The van der Waals surface area contributed by atoms with E-state index in [9.17, 15) is 0 Å². The summed E-state index contributed by atoms with van der Waals surface area (Å²) >= 11 is 1.66.